The Morgan fingerprint density at radius 3 is 2.75 bits per heavy atom. The lowest BCUT2D eigenvalue weighted by Crippen LogP contribution is -2.32. The molecule has 2 aromatic rings. The maximum atomic E-state index is 13.7. The van der Waals surface area contributed by atoms with Crippen LogP contribution in [-0.4, -0.2) is 22.1 Å². The predicted molar refractivity (Wildman–Crippen MR) is 83.2 cm³/mol. The van der Waals surface area contributed by atoms with Gasteiger partial charge in [0.2, 0.25) is 0 Å². The van der Waals surface area contributed by atoms with Crippen molar-refractivity contribution in [2.75, 3.05) is 0 Å². The lowest BCUT2D eigenvalue weighted by Gasteiger charge is -2.11. The highest BCUT2D eigenvalue weighted by molar-refractivity contribution is 9.10. The van der Waals surface area contributed by atoms with Crippen LogP contribution in [0, 0.1) is 5.82 Å². The highest BCUT2D eigenvalue weighted by Crippen LogP contribution is 2.28. The molecule has 0 aliphatic rings. The fraction of sp³-hybridized carbons (Fsp3) is 0.167. The molecule has 20 heavy (non-hydrogen) atoms. The molecule has 0 aliphatic heterocycles. The van der Waals surface area contributed by atoms with Crippen LogP contribution in [0.4, 0.5) is 4.39 Å². The molecule has 110 valence electrons. The molecule has 0 bridgehead atoms. The molecule has 1 unspecified atom stereocenters. The minimum Gasteiger partial charge on any atom is -0.480 e. The Labute approximate surface area is 135 Å². The van der Waals surface area contributed by atoms with Gasteiger partial charge in [-0.15, -0.1) is 24.8 Å². The number of nitrogens with zero attached hydrogens (tertiary/aromatic N) is 1. The van der Waals surface area contributed by atoms with Gasteiger partial charge in [0.15, 0.2) is 0 Å². The van der Waals surface area contributed by atoms with Crippen molar-refractivity contribution in [3.63, 3.8) is 0 Å². The number of aliphatic carboxylic acids is 1. The number of carbonyl (C=O) groups is 1. The number of fused-ring (bicyclic) bond motifs is 1. The van der Waals surface area contributed by atoms with Crippen LogP contribution in [0.15, 0.2) is 28.9 Å². The highest BCUT2D eigenvalue weighted by atomic mass is 79.9. The fourth-order valence-electron chi connectivity index (χ4n) is 1.74. The van der Waals surface area contributed by atoms with Gasteiger partial charge in [-0.05, 0) is 40.0 Å². The van der Waals surface area contributed by atoms with E-state index < -0.39 is 17.8 Å². The minimum absolute atomic E-state index is 0. The summed E-state index contributed by atoms with van der Waals surface area (Å²) in [6.45, 7) is 0. The number of nitrogens with two attached hydrogens (primary N) is 1. The van der Waals surface area contributed by atoms with Crippen molar-refractivity contribution in [3.8, 4) is 0 Å². The van der Waals surface area contributed by atoms with Gasteiger partial charge in [0, 0.05) is 11.6 Å². The molecule has 0 amide bonds. The second kappa shape index (κ2) is 7.73. The summed E-state index contributed by atoms with van der Waals surface area (Å²) >= 11 is 3.13. The van der Waals surface area contributed by atoms with Crippen LogP contribution in [0.3, 0.4) is 0 Å². The molecular weight excluding hydrogens is 374 g/mol. The third-order valence-electron chi connectivity index (χ3n) is 2.63. The van der Waals surface area contributed by atoms with Crippen molar-refractivity contribution in [2.24, 2.45) is 5.73 Å². The molecule has 0 saturated carbocycles. The van der Waals surface area contributed by atoms with E-state index >= 15 is 0 Å². The quantitative estimate of drug-likeness (QED) is 0.851. The van der Waals surface area contributed by atoms with Crippen LogP contribution < -0.4 is 5.73 Å². The summed E-state index contributed by atoms with van der Waals surface area (Å²) < 4.78 is 14.0. The molecule has 0 fully saturated rings. The van der Waals surface area contributed by atoms with E-state index in [9.17, 15) is 9.18 Å². The third kappa shape index (κ3) is 3.79. The maximum absolute atomic E-state index is 13.7. The molecule has 1 atom stereocenters. The van der Waals surface area contributed by atoms with Crippen LogP contribution in [-0.2, 0) is 11.2 Å². The SMILES string of the molecule is Cl.Cl.NC(Cc1cc(F)c(Br)c2ncccc12)C(=O)O. The zero-order chi connectivity index (χ0) is 13.3. The molecule has 0 saturated heterocycles. The maximum Gasteiger partial charge on any atom is 0.320 e. The molecule has 0 aliphatic carbocycles. The number of benzene rings is 1. The summed E-state index contributed by atoms with van der Waals surface area (Å²) in [6.07, 6.45) is 1.61. The molecule has 0 radical (unpaired) electrons. The van der Waals surface area contributed by atoms with Gasteiger partial charge < -0.3 is 10.8 Å². The minimum atomic E-state index is -1.12. The van der Waals surface area contributed by atoms with Gasteiger partial charge in [0.25, 0.3) is 0 Å². The monoisotopic (exact) mass is 384 g/mol. The highest BCUT2D eigenvalue weighted by Gasteiger charge is 2.17. The predicted octanol–water partition coefficient (Wildman–Crippen LogP) is 2.93. The van der Waals surface area contributed by atoms with Crippen LogP contribution in [0.2, 0.25) is 0 Å². The van der Waals surface area contributed by atoms with Gasteiger partial charge in [-0.3, -0.25) is 9.78 Å². The van der Waals surface area contributed by atoms with E-state index in [1.54, 1.807) is 18.3 Å². The van der Waals surface area contributed by atoms with Gasteiger partial charge >= 0.3 is 5.97 Å². The lowest BCUT2D eigenvalue weighted by molar-refractivity contribution is -0.138. The summed E-state index contributed by atoms with van der Waals surface area (Å²) in [4.78, 5) is 14.8. The summed E-state index contributed by atoms with van der Waals surface area (Å²) in [7, 11) is 0. The first kappa shape index (κ1) is 19.1. The van der Waals surface area contributed by atoms with E-state index in [1.165, 1.54) is 6.07 Å². The number of hydrogen-bond acceptors (Lipinski definition) is 3. The van der Waals surface area contributed by atoms with Crippen LogP contribution in [0.5, 0.6) is 0 Å². The molecule has 8 heteroatoms. The van der Waals surface area contributed by atoms with E-state index in [-0.39, 0.29) is 35.7 Å². The fourth-order valence-corrected chi connectivity index (χ4v) is 2.17. The number of carboxylic acids is 1. The smallest absolute Gasteiger partial charge is 0.320 e. The van der Waals surface area contributed by atoms with Gasteiger partial charge in [-0.2, -0.15) is 0 Å². The Kier molecular flexibility index (Phi) is 7.37. The Balaban J connectivity index is 0.00000180. The van der Waals surface area contributed by atoms with Crippen molar-refractivity contribution < 1.29 is 14.3 Å². The Bertz CT molecular complexity index is 628. The summed E-state index contributed by atoms with van der Waals surface area (Å²) in [5.41, 5.74) is 6.47. The second-order valence-corrected chi connectivity index (χ2v) is 4.67. The third-order valence-corrected chi connectivity index (χ3v) is 3.38. The van der Waals surface area contributed by atoms with Crippen molar-refractivity contribution in [1.29, 1.82) is 0 Å². The van der Waals surface area contributed by atoms with Crippen LogP contribution in [0.1, 0.15) is 5.56 Å². The molecule has 1 heterocycles. The van der Waals surface area contributed by atoms with Gasteiger partial charge in [0.05, 0.1) is 9.99 Å². The lowest BCUT2D eigenvalue weighted by atomic mass is 10.0. The standard InChI is InChI=1S/C12H10BrFN2O2.2ClH/c13-10-8(14)4-6(5-9(15)12(17)18)7-2-1-3-16-11(7)10;;/h1-4,9H,5,15H2,(H,17,18);2*1H. The molecule has 4 nitrogen and oxygen atoms in total. The Morgan fingerprint density at radius 2 is 2.15 bits per heavy atom. The van der Waals surface area contributed by atoms with Crippen molar-refractivity contribution in [1.82, 2.24) is 4.98 Å². The van der Waals surface area contributed by atoms with Gasteiger partial charge in [-0.1, -0.05) is 6.07 Å². The first-order valence-electron chi connectivity index (χ1n) is 5.20. The summed E-state index contributed by atoms with van der Waals surface area (Å²) in [6, 6.07) is 3.70. The Morgan fingerprint density at radius 1 is 1.50 bits per heavy atom. The largest absolute Gasteiger partial charge is 0.480 e. The zero-order valence-electron chi connectivity index (χ0n) is 10.0. The second-order valence-electron chi connectivity index (χ2n) is 3.88. The summed E-state index contributed by atoms with van der Waals surface area (Å²) in [5.74, 6) is -1.59. The number of carboxylic acid groups (broad SMARTS) is 1. The topological polar surface area (TPSA) is 76.2 Å². The van der Waals surface area contributed by atoms with Gasteiger partial charge in [0.1, 0.15) is 11.9 Å². The van der Waals surface area contributed by atoms with E-state index in [0.717, 1.165) is 0 Å². The van der Waals surface area contributed by atoms with Crippen molar-refractivity contribution in [3.05, 3.63) is 40.2 Å². The molecular formula is C12H12BrCl2FN2O2. The molecule has 0 spiro atoms. The molecule has 1 aromatic heterocycles. The van der Waals surface area contributed by atoms with Gasteiger partial charge in [-0.25, -0.2) is 4.39 Å². The van der Waals surface area contributed by atoms with E-state index in [2.05, 4.69) is 20.9 Å². The normalized spacial score (nSPS) is 11.3. The number of halogens is 4. The number of hydrogen-bond donors (Lipinski definition) is 2. The van der Waals surface area contributed by atoms with Crippen molar-refractivity contribution >= 4 is 57.6 Å². The Hall–Kier alpha value is -0.950. The zero-order valence-corrected chi connectivity index (χ0v) is 13.3. The number of rotatable bonds is 3. The van der Waals surface area contributed by atoms with E-state index in [1.807, 2.05) is 0 Å². The number of aromatic nitrogens is 1. The van der Waals surface area contributed by atoms with E-state index in [0.29, 0.717) is 16.5 Å². The van der Waals surface area contributed by atoms with Crippen LogP contribution >= 0.6 is 40.7 Å². The molecule has 3 N–H and O–H groups in total. The van der Waals surface area contributed by atoms with E-state index in [4.69, 9.17) is 10.8 Å². The first-order chi connectivity index (χ1) is 8.50. The van der Waals surface area contributed by atoms with Crippen LogP contribution in [0.25, 0.3) is 10.9 Å². The first-order valence-corrected chi connectivity index (χ1v) is 6.00. The molecule has 2 rings (SSSR count). The molecule has 1 aromatic carbocycles. The average molecular weight is 386 g/mol. The average Bonchev–Trinajstić information content (AvgIpc) is 2.35. The number of pyridine rings is 1. The summed E-state index contributed by atoms with van der Waals surface area (Å²) in [5, 5.41) is 9.49. The van der Waals surface area contributed by atoms with Crippen molar-refractivity contribution in [2.45, 2.75) is 12.5 Å².